The Morgan fingerprint density at radius 1 is 1.26 bits per heavy atom. The number of likely N-dealkylation sites (N-methyl/N-ethyl adjacent to an activating group) is 1. The third-order valence-electron chi connectivity index (χ3n) is 3.25. The highest BCUT2D eigenvalue weighted by molar-refractivity contribution is 5.79. The molecule has 0 aromatic carbocycles. The number of carbonyl (C=O) groups excluding carboxylic acids is 1. The molecule has 19 heavy (non-hydrogen) atoms. The van der Waals surface area contributed by atoms with E-state index in [-0.39, 0.29) is 24.3 Å². The molecule has 1 fully saturated rings. The van der Waals surface area contributed by atoms with Gasteiger partial charge in [-0.25, -0.2) is 0 Å². The van der Waals surface area contributed by atoms with Crippen molar-refractivity contribution >= 4 is 11.9 Å². The quantitative estimate of drug-likeness (QED) is 0.528. The standard InChI is InChI=1S/C13H24N2O4/c1-2-14-11-9-19-8-10(11)13(18)15-7-5-3-4-6-12(16)17/h10-11,14H,2-9H2,1H3,(H,15,18)(H,16,17). The molecule has 1 amide bonds. The van der Waals surface area contributed by atoms with Gasteiger partial charge in [0.1, 0.15) is 0 Å². The maximum Gasteiger partial charge on any atom is 0.303 e. The van der Waals surface area contributed by atoms with Crippen molar-refractivity contribution in [2.45, 2.75) is 38.6 Å². The van der Waals surface area contributed by atoms with Gasteiger partial charge in [0.2, 0.25) is 5.91 Å². The number of ether oxygens (including phenoxy) is 1. The van der Waals surface area contributed by atoms with Gasteiger partial charge in [0.05, 0.1) is 19.1 Å². The molecule has 0 aromatic rings. The third-order valence-corrected chi connectivity index (χ3v) is 3.25. The minimum absolute atomic E-state index is 0.0293. The summed E-state index contributed by atoms with van der Waals surface area (Å²) in [7, 11) is 0. The number of aliphatic carboxylic acids is 1. The molecule has 6 heteroatoms. The van der Waals surface area contributed by atoms with Gasteiger partial charge >= 0.3 is 5.97 Å². The lowest BCUT2D eigenvalue weighted by atomic mass is 10.0. The van der Waals surface area contributed by atoms with Crippen LogP contribution in [0.25, 0.3) is 0 Å². The zero-order chi connectivity index (χ0) is 14.1. The minimum Gasteiger partial charge on any atom is -0.481 e. The summed E-state index contributed by atoms with van der Waals surface area (Å²) in [4.78, 5) is 22.3. The Labute approximate surface area is 113 Å². The molecule has 6 nitrogen and oxygen atoms in total. The van der Waals surface area contributed by atoms with Gasteiger partial charge in [-0.2, -0.15) is 0 Å². The van der Waals surface area contributed by atoms with E-state index in [4.69, 9.17) is 9.84 Å². The third kappa shape index (κ3) is 6.02. The molecule has 0 saturated carbocycles. The second-order valence-corrected chi connectivity index (χ2v) is 4.80. The van der Waals surface area contributed by atoms with Gasteiger partial charge in [0.15, 0.2) is 0 Å². The molecule has 0 spiro atoms. The number of carbonyl (C=O) groups is 2. The highest BCUT2D eigenvalue weighted by Gasteiger charge is 2.32. The number of rotatable bonds is 9. The van der Waals surface area contributed by atoms with Gasteiger partial charge in [-0.15, -0.1) is 0 Å². The second-order valence-electron chi connectivity index (χ2n) is 4.80. The second kappa shape index (κ2) is 8.87. The molecule has 1 heterocycles. The van der Waals surface area contributed by atoms with Gasteiger partial charge in [0, 0.05) is 19.0 Å². The smallest absolute Gasteiger partial charge is 0.303 e. The van der Waals surface area contributed by atoms with Crippen molar-refractivity contribution in [3.63, 3.8) is 0 Å². The number of carboxylic acid groups (broad SMARTS) is 1. The van der Waals surface area contributed by atoms with Gasteiger partial charge < -0.3 is 20.5 Å². The lowest BCUT2D eigenvalue weighted by Crippen LogP contribution is -2.44. The first-order chi connectivity index (χ1) is 9.15. The first-order valence-electron chi connectivity index (χ1n) is 6.95. The first kappa shape index (κ1) is 15.9. The van der Waals surface area contributed by atoms with Gasteiger partial charge in [-0.1, -0.05) is 13.3 Å². The number of unbranched alkanes of at least 4 members (excludes halogenated alkanes) is 2. The molecule has 2 unspecified atom stereocenters. The van der Waals surface area contributed by atoms with Crippen molar-refractivity contribution in [1.29, 1.82) is 0 Å². The fraction of sp³-hybridized carbons (Fsp3) is 0.846. The summed E-state index contributed by atoms with van der Waals surface area (Å²) in [5, 5.41) is 14.6. The Balaban J connectivity index is 2.11. The van der Waals surface area contributed by atoms with Crippen molar-refractivity contribution in [3.8, 4) is 0 Å². The highest BCUT2D eigenvalue weighted by atomic mass is 16.5. The summed E-state index contributed by atoms with van der Waals surface area (Å²) < 4.78 is 5.33. The largest absolute Gasteiger partial charge is 0.481 e. The monoisotopic (exact) mass is 272 g/mol. The Kier molecular flexibility index (Phi) is 7.43. The molecule has 0 radical (unpaired) electrons. The van der Waals surface area contributed by atoms with Crippen molar-refractivity contribution in [3.05, 3.63) is 0 Å². The summed E-state index contributed by atoms with van der Waals surface area (Å²) in [5.41, 5.74) is 0. The van der Waals surface area contributed by atoms with E-state index in [0.29, 0.717) is 26.2 Å². The Morgan fingerprint density at radius 3 is 2.74 bits per heavy atom. The lowest BCUT2D eigenvalue weighted by molar-refractivity contribution is -0.137. The van der Waals surface area contributed by atoms with E-state index in [9.17, 15) is 9.59 Å². The number of amides is 1. The van der Waals surface area contributed by atoms with E-state index < -0.39 is 5.97 Å². The number of nitrogens with one attached hydrogen (secondary N) is 2. The van der Waals surface area contributed by atoms with Crippen LogP contribution in [0, 0.1) is 5.92 Å². The topological polar surface area (TPSA) is 87.7 Å². The molecule has 1 saturated heterocycles. The molecule has 0 aliphatic carbocycles. The molecular weight excluding hydrogens is 248 g/mol. The molecular formula is C13H24N2O4. The Bertz CT molecular complexity index is 296. The van der Waals surface area contributed by atoms with Gasteiger partial charge in [0.25, 0.3) is 0 Å². The average Bonchev–Trinajstić information content (AvgIpc) is 2.81. The maximum absolute atomic E-state index is 11.9. The number of carboxylic acids is 1. The van der Waals surface area contributed by atoms with Crippen LogP contribution in [0.2, 0.25) is 0 Å². The molecule has 0 bridgehead atoms. The molecule has 1 aliphatic heterocycles. The summed E-state index contributed by atoms with van der Waals surface area (Å²) in [6, 6.07) is 0.108. The van der Waals surface area contributed by atoms with Crippen molar-refractivity contribution in [2.75, 3.05) is 26.3 Å². The van der Waals surface area contributed by atoms with Crippen LogP contribution in [-0.2, 0) is 14.3 Å². The zero-order valence-electron chi connectivity index (χ0n) is 11.5. The lowest BCUT2D eigenvalue weighted by Gasteiger charge is -2.17. The fourth-order valence-electron chi connectivity index (χ4n) is 2.20. The van der Waals surface area contributed by atoms with Crippen molar-refractivity contribution in [1.82, 2.24) is 10.6 Å². The van der Waals surface area contributed by atoms with E-state index in [1.807, 2.05) is 6.92 Å². The van der Waals surface area contributed by atoms with Gasteiger partial charge in [-0.3, -0.25) is 9.59 Å². The molecule has 3 N–H and O–H groups in total. The minimum atomic E-state index is -0.763. The summed E-state index contributed by atoms with van der Waals surface area (Å²) in [6.45, 7) is 4.50. The van der Waals surface area contributed by atoms with E-state index in [0.717, 1.165) is 19.4 Å². The molecule has 0 aromatic heterocycles. The van der Waals surface area contributed by atoms with Crippen molar-refractivity contribution in [2.24, 2.45) is 5.92 Å². The maximum atomic E-state index is 11.9. The number of hydrogen-bond donors (Lipinski definition) is 3. The average molecular weight is 272 g/mol. The van der Waals surface area contributed by atoms with E-state index in [1.165, 1.54) is 0 Å². The van der Waals surface area contributed by atoms with E-state index in [1.54, 1.807) is 0 Å². The SMILES string of the molecule is CCNC1COCC1C(=O)NCCCCCC(=O)O. The van der Waals surface area contributed by atoms with Crippen LogP contribution in [0.4, 0.5) is 0 Å². The Hall–Kier alpha value is -1.14. The van der Waals surface area contributed by atoms with E-state index >= 15 is 0 Å². The zero-order valence-corrected chi connectivity index (χ0v) is 11.5. The predicted octanol–water partition coefficient (Wildman–Crippen LogP) is 0.372. The summed E-state index contributed by atoms with van der Waals surface area (Å²) >= 11 is 0. The van der Waals surface area contributed by atoms with Crippen LogP contribution in [0.3, 0.4) is 0 Å². The molecule has 1 aliphatic rings. The Morgan fingerprint density at radius 2 is 2.05 bits per heavy atom. The summed E-state index contributed by atoms with van der Waals surface area (Å²) in [6.07, 6.45) is 2.51. The number of hydrogen-bond acceptors (Lipinski definition) is 4. The van der Waals surface area contributed by atoms with Crippen LogP contribution in [0.1, 0.15) is 32.6 Å². The normalized spacial score (nSPS) is 22.4. The highest BCUT2D eigenvalue weighted by Crippen LogP contribution is 2.13. The molecule has 1 rings (SSSR count). The van der Waals surface area contributed by atoms with E-state index in [2.05, 4.69) is 10.6 Å². The van der Waals surface area contributed by atoms with Gasteiger partial charge in [-0.05, 0) is 19.4 Å². The van der Waals surface area contributed by atoms with Crippen LogP contribution in [-0.4, -0.2) is 49.3 Å². The fourth-order valence-corrected chi connectivity index (χ4v) is 2.20. The predicted molar refractivity (Wildman–Crippen MR) is 70.9 cm³/mol. The molecule has 2 atom stereocenters. The first-order valence-corrected chi connectivity index (χ1v) is 6.95. The van der Waals surface area contributed by atoms with Crippen LogP contribution < -0.4 is 10.6 Å². The van der Waals surface area contributed by atoms with Crippen LogP contribution >= 0.6 is 0 Å². The summed E-state index contributed by atoms with van der Waals surface area (Å²) in [5.74, 6) is -0.846. The van der Waals surface area contributed by atoms with Crippen molar-refractivity contribution < 1.29 is 19.4 Å². The molecule has 110 valence electrons. The van der Waals surface area contributed by atoms with Crippen LogP contribution in [0.15, 0.2) is 0 Å². The van der Waals surface area contributed by atoms with Crippen LogP contribution in [0.5, 0.6) is 0 Å².